The second-order valence-electron chi connectivity index (χ2n) is 2.98. The van der Waals surface area contributed by atoms with Crippen LogP contribution in [0, 0.1) is 0 Å². The predicted molar refractivity (Wildman–Crippen MR) is 63.8 cm³/mol. The highest BCUT2D eigenvalue weighted by atomic mass is 32.2. The first kappa shape index (κ1) is 10.9. The van der Waals surface area contributed by atoms with Gasteiger partial charge in [0.05, 0.1) is 11.1 Å². The highest BCUT2D eigenvalue weighted by Crippen LogP contribution is 2.23. The third-order valence-corrected chi connectivity index (χ3v) is 4.06. The molecular weight excluding hydrogens is 246 g/mol. The van der Waals surface area contributed by atoms with Gasteiger partial charge in [0.25, 0.3) is 10.0 Å². The maximum Gasteiger partial charge on any atom is 0.262 e. The van der Waals surface area contributed by atoms with Crippen LogP contribution in [0.15, 0.2) is 41.4 Å². The lowest BCUT2D eigenvalue weighted by Crippen LogP contribution is -2.11. The van der Waals surface area contributed by atoms with Crippen LogP contribution in [-0.4, -0.2) is 13.4 Å². The smallest absolute Gasteiger partial charge is 0.262 e. The molecule has 5 nitrogen and oxygen atoms in total. The van der Waals surface area contributed by atoms with E-state index in [9.17, 15) is 8.42 Å². The summed E-state index contributed by atoms with van der Waals surface area (Å²) < 4.78 is 26.1. The van der Waals surface area contributed by atoms with Gasteiger partial charge >= 0.3 is 0 Å². The highest BCUT2D eigenvalue weighted by Gasteiger charge is 2.14. The van der Waals surface area contributed by atoms with Gasteiger partial charge in [-0.05, 0) is 12.1 Å². The molecule has 0 fully saturated rings. The lowest BCUT2D eigenvalue weighted by atomic mass is 10.4. The van der Waals surface area contributed by atoms with Crippen LogP contribution in [0.2, 0.25) is 0 Å². The molecule has 0 bridgehead atoms. The molecule has 84 valence electrons. The van der Waals surface area contributed by atoms with Gasteiger partial charge in [0.15, 0.2) is 5.13 Å². The summed E-state index contributed by atoms with van der Waals surface area (Å²) in [5.74, 6) is 0. The van der Waals surface area contributed by atoms with E-state index in [1.54, 1.807) is 18.2 Å². The molecule has 0 amide bonds. The van der Waals surface area contributed by atoms with E-state index in [0.29, 0.717) is 10.1 Å². The number of hydrogen-bond acceptors (Lipinski definition) is 5. The van der Waals surface area contributed by atoms with Gasteiger partial charge in [-0.15, -0.1) is 0 Å². The summed E-state index contributed by atoms with van der Waals surface area (Å²) in [7, 11) is -3.54. The lowest BCUT2D eigenvalue weighted by Gasteiger charge is -2.04. The Balaban J connectivity index is 2.28. The summed E-state index contributed by atoms with van der Waals surface area (Å²) in [6, 6.07) is 8.12. The number of anilines is 2. The summed E-state index contributed by atoms with van der Waals surface area (Å²) in [6.45, 7) is 0. The first-order chi connectivity index (χ1) is 7.58. The summed E-state index contributed by atoms with van der Waals surface area (Å²) in [5, 5.41) is 0.729. The third kappa shape index (κ3) is 2.31. The fourth-order valence-corrected chi connectivity index (χ4v) is 3.01. The minimum Gasteiger partial charge on any atom is -0.375 e. The Bertz CT molecular complexity index is 578. The van der Waals surface area contributed by atoms with E-state index in [4.69, 9.17) is 5.73 Å². The van der Waals surface area contributed by atoms with E-state index in [0.717, 1.165) is 11.3 Å². The fraction of sp³-hybridized carbons (Fsp3) is 0. The quantitative estimate of drug-likeness (QED) is 0.871. The number of nitrogens with two attached hydrogens (primary N) is 1. The normalized spacial score (nSPS) is 11.2. The van der Waals surface area contributed by atoms with Crippen molar-refractivity contribution in [1.29, 1.82) is 0 Å². The summed E-state index contributed by atoms with van der Waals surface area (Å²) in [5.41, 5.74) is 5.41. The molecule has 0 atom stereocenters. The van der Waals surface area contributed by atoms with E-state index >= 15 is 0 Å². The zero-order chi connectivity index (χ0) is 11.6. The summed E-state index contributed by atoms with van der Waals surface area (Å²) in [4.78, 5) is 3.97. The van der Waals surface area contributed by atoms with Crippen molar-refractivity contribution in [3.05, 3.63) is 36.5 Å². The molecule has 1 aromatic heterocycles. The molecule has 3 N–H and O–H groups in total. The molecule has 7 heteroatoms. The SMILES string of the molecule is Nc1ncc(NS(=O)(=O)c2ccccc2)s1. The monoisotopic (exact) mass is 255 g/mol. The van der Waals surface area contributed by atoms with Gasteiger partial charge in [-0.3, -0.25) is 4.72 Å². The average molecular weight is 255 g/mol. The maximum absolute atomic E-state index is 11.8. The second-order valence-corrected chi connectivity index (χ2v) is 5.73. The topological polar surface area (TPSA) is 85.1 Å². The first-order valence-corrected chi connectivity index (χ1v) is 6.67. The summed E-state index contributed by atoms with van der Waals surface area (Å²) in [6.07, 6.45) is 1.39. The maximum atomic E-state index is 11.8. The van der Waals surface area contributed by atoms with Crippen LogP contribution in [0.5, 0.6) is 0 Å². The molecule has 2 rings (SSSR count). The predicted octanol–water partition coefficient (Wildman–Crippen LogP) is 1.53. The number of thiazole rings is 1. The number of benzene rings is 1. The van der Waals surface area contributed by atoms with Gasteiger partial charge < -0.3 is 5.73 Å². The zero-order valence-corrected chi connectivity index (χ0v) is 9.75. The Labute approximate surface area is 97.0 Å². The molecule has 1 heterocycles. The first-order valence-electron chi connectivity index (χ1n) is 4.37. The molecule has 0 aliphatic carbocycles. The van der Waals surface area contributed by atoms with E-state index in [-0.39, 0.29) is 4.90 Å². The minimum absolute atomic E-state index is 0.210. The Hall–Kier alpha value is -1.60. The molecule has 2 aromatic rings. The van der Waals surface area contributed by atoms with Gasteiger partial charge in [0.1, 0.15) is 5.00 Å². The van der Waals surface area contributed by atoms with Gasteiger partial charge in [-0.1, -0.05) is 29.5 Å². The van der Waals surface area contributed by atoms with Crippen molar-refractivity contribution in [2.24, 2.45) is 0 Å². The number of nitrogen functional groups attached to an aromatic ring is 1. The van der Waals surface area contributed by atoms with E-state index in [1.165, 1.54) is 18.3 Å². The van der Waals surface area contributed by atoms with Crippen molar-refractivity contribution in [3.8, 4) is 0 Å². The van der Waals surface area contributed by atoms with E-state index in [1.807, 2.05) is 0 Å². The Kier molecular flexibility index (Phi) is 2.80. The van der Waals surface area contributed by atoms with Crippen LogP contribution in [0.25, 0.3) is 0 Å². The Morgan fingerprint density at radius 2 is 1.94 bits per heavy atom. The number of sulfonamides is 1. The Morgan fingerprint density at radius 3 is 2.50 bits per heavy atom. The molecule has 16 heavy (non-hydrogen) atoms. The third-order valence-electron chi connectivity index (χ3n) is 1.81. The van der Waals surface area contributed by atoms with Crippen LogP contribution in [0.4, 0.5) is 10.1 Å². The van der Waals surface area contributed by atoms with E-state index in [2.05, 4.69) is 9.71 Å². The molecule has 0 aliphatic rings. The zero-order valence-electron chi connectivity index (χ0n) is 8.12. The molecule has 0 saturated heterocycles. The molecular formula is C9H9N3O2S2. The lowest BCUT2D eigenvalue weighted by molar-refractivity contribution is 0.601. The standard InChI is InChI=1S/C9H9N3O2S2/c10-9-11-6-8(15-9)12-16(13,14)7-4-2-1-3-5-7/h1-6,12H,(H2,10,11). The van der Waals surface area contributed by atoms with Crippen molar-refractivity contribution < 1.29 is 8.42 Å². The molecule has 0 unspecified atom stereocenters. The van der Waals surface area contributed by atoms with E-state index < -0.39 is 10.0 Å². The van der Waals surface area contributed by atoms with Crippen molar-refractivity contribution in [2.75, 3.05) is 10.5 Å². The second kappa shape index (κ2) is 4.11. The van der Waals surface area contributed by atoms with Crippen LogP contribution in [-0.2, 0) is 10.0 Å². The largest absolute Gasteiger partial charge is 0.375 e. The highest BCUT2D eigenvalue weighted by molar-refractivity contribution is 7.93. The molecule has 0 spiro atoms. The number of nitrogens with one attached hydrogen (secondary N) is 1. The van der Waals surface area contributed by atoms with Crippen molar-refractivity contribution >= 4 is 31.5 Å². The van der Waals surface area contributed by atoms with Crippen molar-refractivity contribution in [2.45, 2.75) is 4.90 Å². The Morgan fingerprint density at radius 1 is 1.25 bits per heavy atom. The summed E-state index contributed by atoms with van der Waals surface area (Å²) >= 11 is 1.09. The van der Waals surface area contributed by atoms with Gasteiger partial charge in [0.2, 0.25) is 0 Å². The van der Waals surface area contributed by atoms with Gasteiger partial charge in [0, 0.05) is 0 Å². The van der Waals surface area contributed by atoms with Crippen LogP contribution < -0.4 is 10.5 Å². The average Bonchev–Trinajstić information content (AvgIpc) is 2.64. The molecule has 0 aliphatic heterocycles. The minimum atomic E-state index is -3.54. The van der Waals surface area contributed by atoms with Gasteiger partial charge in [-0.2, -0.15) is 0 Å². The molecule has 0 saturated carbocycles. The van der Waals surface area contributed by atoms with Gasteiger partial charge in [-0.25, -0.2) is 13.4 Å². The number of rotatable bonds is 3. The van der Waals surface area contributed by atoms with Crippen LogP contribution in [0.3, 0.4) is 0 Å². The van der Waals surface area contributed by atoms with Crippen molar-refractivity contribution in [1.82, 2.24) is 4.98 Å². The number of nitrogens with zero attached hydrogens (tertiary/aromatic N) is 1. The fourth-order valence-electron chi connectivity index (χ4n) is 1.13. The van der Waals surface area contributed by atoms with Crippen LogP contribution in [0.1, 0.15) is 0 Å². The number of hydrogen-bond donors (Lipinski definition) is 2. The molecule has 1 aromatic carbocycles. The van der Waals surface area contributed by atoms with Crippen molar-refractivity contribution in [3.63, 3.8) is 0 Å². The number of aromatic nitrogens is 1. The molecule has 0 radical (unpaired) electrons. The van der Waals surface area contributed by atoms with Crippen LogP contribution >= 0.6 is 11.3 Å².